The fourth-order valence-electron chi connectivity index (χ4n) is 6.63. The standard InChI is InChI=1S/C32H42ClN3O7/c1-4-6-10-25(38)34-20-21(3)42-31(41)26-24-15-16-32(43-24)27(26)29(39)36(18-8-7-9-19-37)28(32)30(40)35(17-5-2)23-13-11-22(33)12-14-23/h4-5,11-14,21,24,26-28,37H,1-2,6-10,15-20H2,3H3,(H,34,38)/t21-,24-,26+,27+,28-,32+/m1/s1. The van der Waals surface area contributed by atoms with E-state index in [-0.39, 0.29) is 37.4 Å². The molecule has 1 aromatic rings. The lowest BCUT2D eigenvalue weighted by Gasteiger charge is -2.36. The largest absolute Gasteiger partial charge is 0.460 e. The molecule has 3 heterocycles. The van der Waals surface area contributed by atoms with E-state index in [1.807, 2.05) is 0 Å². The molecule has 11 heteroatoms. The monoisotopic (exact) mass is 615 g/mol. The first kappa shape index (κ1) is 32.7. The minimum absolute atomic E-state index is 0.0398. The molecule has 234 valence electrons. The Morgan fingerprint density at radius 3 is 2.65 bits per heavy atom. The van der Waals surface area contributed by atoms with Crippen LogP contribution in [0.3, 0.4) is 0 Å². The Hall–Kier alpha value is -3.21. The zero-order chi connectivity index (χ0) is 31.1. The Kier molecular flexibility index (Phi) is 11.0. The Morgan fingerprint density at radius 2 is 1.98 bits per heavy atom. The summed E-state index contributed by atoms with van der Waals surface area (Å²) in [6, 6.07) is 5.93. The molecule has 3 saturated heterocycles. The van der Waals surface area contributed by atoms with Gasteiger partial charge in [-0.25, -0.2) is 0 Å². The molecule has 0 aromatic heterocycles. The molecule has 4 rings (SSSR count). The lowest BCUT2D eigenvalue weighted by molar-refractivity contribution is -0.159. The number of hydrogen-bond donors (Lipinski definition) is 2. The summed E-state index contributed by atoms with van der Waals surface area (Å²) in [5, 5.41) is 12.5. The summed E-state index contributed by atoms with van der Waals surface area (Å²) in [6.45, 7) is 9.79. The SMILES string of the molecule is C=CCCC(=O)NC[C@@H](C)OC(=O)[C@@H]1[C@H]2C(=O)N(CCCCCO)[C@H](C(=O)N(CC=C)c3ccc(Cl)cc3)[C@]23CC[C@H]1O3. The molecular weight excluding hydrogens is 574 g/mol. The number of carbonyl (C=O) groups excluding carboxylic acids is 4. The number of aliphatic hydroxyl groups excluding tert-OH is 1. The number of fused-ring (bicyclic) bond motifs is 1. The molecule has 0 saturated carbocycles. The van der Waals surface area contributed by atoms with Gasteiger partial charge in [-0.05, 0) is 69.7 Å². The molecule has 2 bridgehead atoms. The van der Waals surface area contributed by atoms with E-state index in [0.29, 0.717) is 62.2 Å². The molecule has 0 radical (unpaired) electrons. The van der Waals surface area contributed by atoms with Gasteiger partial charge in [-0.2, -0.15) is 0 Å². The van der Waals surface area contributed by atoms with Crippen molar-refractivity contribution in [3.8, 4) is 0 Å². The summed E-state index contributed by atoms with van der Waals surface area (Å²) < 4.78 is 12.2. The van der Waals surface area contributed by atoms with Crippen LogP contribution in [-0.2, 0) is 28.7 Å². The van der Waals surface area contributed by atoms with Crippen LogP contribution >= 0.6 is 11.6 Å². The zero-order valence-electron chi connectivity index (χ0n) is 24.7. The molecule has 3 amide bonds. The number of anilines is 1. The van der Waals surface area contributed by atoms with Gasteiger partial charge in [0.15, 0.2) is 0 Å². The predicted molar refractivity (Wildman–Crippen MR) is 162 cm³/mol. The topological polar surface area (TPSA) is 125 Å². The van der Waals surface area contributed by atoms with Crippen LogP contribution < -0.4 is 10.2 Å². The molecule has 1 spiro atoms. The van der Waals surface area contributed by atoms with Gasteiger partial charge >= 0.3 is 5.97 Å². The summed E-state index contributed by atoms with van der Waals surface area (Å²) in [5.74, 6) is -3.07. The van der Waals surface area contributed by atoms with Gasteiger partial charge in [0.05, 0.1) is 24.5 Å². The highest BCUT2D eigenvalue weighted by atomic mass is 35.5. The number of ether oxygens (including phenoxy) is 2. The molecule has 10 nitrogen and oxygen atoms in total. The minimum atomic E-state index is -1.17. The summed E-state index contributed by atoms with van der Waals surface area (Å²) in [7, 11) is 0. The number of nitrogens with one attached hydrogen (secondary N) is 1. The second-order valence-corrected chi connectivity index (χ2v) is 11.9. The number of likely N-dealkylation sites (tertiary alicyclic amines) is 1. The molecule has 3 fully saturated rings. The van der Waals surface area contributed by atoms with E-state index in [4.69, 9.17) is 21.1 Å². The number of unbranched alkanes of at least 4 members (excludes halogenated alkanes) is 2. The van der Waals surface area contributed by atoms with Gasteiger partial charge in [0, 0.05) is 36.8 Å². The Balaban J connectivity index is 1.59. The first-order valence-corrected chi connectivity index (χ1v) is 15.4. The van der Waals surface area contributed by atoms with Crippen LogP contribution in [0.5, 0.6) is 0 Å². The summed E-state index contributed by atoms with van der Waals surface area (Å²) in [4.78, 5) is 57.3. The van der Waals surface area contributed by atoms with Crippen LogP contribution in [0.15, 0.2) is 49.6 Å². The molecule has 6 atom stereocenters. The number of carbonyl (C=O) groups is 4. The van der Waals surface area contributed by atoms with Crippen molar-refractivity contribution >= 4 is 41.0 Å². The highest BCUT2D eigenvalue weighted by molar-refractivity contribution is 6.30. The van der Waals surface area contributed by atoms with Crippen molar-refractivity contribution in [3.63, 3.8) is 0 Å². The fourth-order valence-corrected chi connectivity index (χ4v) is 6.76. The van der Waals surface area contributed by atoms with Gasteiger partial charge < -0.3 is 29.7 Å². The van der Waals surface area contributed by atoms with Crippen LogP contribution in [0.2, 0.25) is 5.02 Å². The van der Waals surface area contributed by atoms with Crippen molar-refractivity contribution in [3.05, 3.63) is 54.6 Å². The lowest BCUT2D eigenvalue weighted by atomic mass is 9.70. The fraction of sp³-hybridized carbons (Fsp3) is 0.562. The number of rotatable bonds is 16. The van der Waals surface area contributed by atoms with Crippen LogP contribution in [0.4, 0.5) is 5.69 Å². The highest BCUT2D eigenvalue weighted by Gasteiger charge is 2.75. The number of hydrogen-bond acceptors (Lipinski definition) is 7. The van der Waals surface area contributed by atoms with E-state index in [1.54, 1.807) is 53.1 Å². The van der Waals surface area contributed by atoms with Crippen LogP contribution in [-0.4, -0.2) is 83.8 Å². The second-order valence-electron chi connectivity index (χ2n) is 11.5. The molecule has 0 unspecified atom stereocenters. The first-order valence-electron chi connectivity index (χ1n) is 15.0. The third-order valence-electron chi connectivity index (χ3n) is 8.56. The Labute approximate surface area is 258 Å². The van der Waals surface area contributed by atoms with Crippen molar-refractivity contribution in [1.29, 1.82) is 0 Å². The van der Waals surface area contributed by atoms with Gasteiger partial charge in [-0.15, -0.1) is 13.2 Å². The van der Waals surface area contributed by atoms with E-state index in [1.165, 1.54) is 0 Å². The maximum absolute atomic E-state index is 14.4. The van der Waals surface area contributed by atoms with Gasteiger partial charge in [0.1, 0.15) is 17.7 Å². The second kappa shape index (κ2) is 14.5. The average Bonchev–Trinajstić information content (AvgIpc) is 3.63. The van der Waals surface area contributed by atoms with Crippen LogP contribution in [0, 0.1) is 11.8 Å². The van der Waals surface area contributed by atoms with Crippen molar-refractivity contribution in [2.45, 2.75) is 75.7 Å². The number of allylic oxidation sites excluding steroid dienone is 1. The number of nitrogens with zero attached hydrogens (tertiary/aromatic N) is 2. The number of halogens is 1. The van der Waals surface area contributed by atoms with Gasteiger partial charge in [-0.1, -0.05) is 23.8 Å². The van der Waals surface area contributed by atoms with Crippen molar-refractivity contribution in [1.82, 2.24) is 10.2 Å². The van der Waals surface area contributed by atoms with Crippen LogP contribution in [0.25, 0.3) is 0 Å². The maximum Gasteiger partial charge on any atom is 0.312 e. The number of benzene rings is 1. The molecular formula is C32H42ClN3O7. The van der Waals surface area contributed by atoms with Gasteiger partial charge in [0.25, 0.3) is 5.91 Å². The van der Waals surface area contributed by atoms with E-state index in [0.717, 1.165) is 0 Å². The van der Waals surface area contributed by atoms with Crippen molar-refractivity contribution in [2.24, 2.45) is 11.8 Å². The maximum atomic E-state index is 14.4. The highest BCUT2D eigenvalue weighted by Crippen LogP contribution is 2.59. The molecule has 0 aliphatic carbocycles. The summed E-state index contributed by atoms with van der Waals surface area (Å²) >= 11 is 6.10. The zero-order valence-corrected chi connectivity index (χ0v) is 25.5. The number of aliphatic hydroxyl groups is 1. The van der Waals surface area contributed by atoms with E-state index in [9.17, 15) is 24.3 Å². The first-order chi connectivity index (χ1) is 20.7. The quantitative estimate of drug-likeness (QED) is 0.166. The van der Waals surface area contributed by atoms with Crippen molar-refractivity contribution in [2.75, 3.05) is 31.1 Å². The number of esters is 1. The number of amides is 3. The van der Waals surface area contributed by atoms with Crippen molar-refractivity contribution < 1.29 is 33.8 Å². The molecule has 3 aliphatic heterocycles. The lowest BCUT2D eigenvalue weighted by Crippen LogP contribution is -2.56. The molecule has 3 aliphatic rings. The molecule has 2 N–H and O–H groups in total. The minimum Gasteiger partial charge on any atom is -0.460 e. The van der Waals surface area contributed by atoms with Crippen LogP contribution in [0.1, 0.15) is 51.9 Å². The molecule has 1 aromatic carbocycles. The predicted octanol–water partition coefficient (Wildman–Crippen LogP) is 3.41. The Morgan fingerprint density at radius 1 is 1.23 bits per heavy atom. The third-order valence-corrected chi connectivity index (χ3v) is 8.81. The Bertz CT molecular complexity index is 1210. The van der Waals surface area contributed by atoms with E-state index in [2.05, 4.69) is 18.5 Å². The summed E-state index contributed by atoms with van der Waals surface area (Å²) in [6.07, 6.45) is 5.77. The van der Waals surface area contributed by atoms with E-state index < -0.39 is 41.7 Å². The van der Waals surface area contributed by atoms with Gasteiger partial charge in [-0.3, -0.25) is 19.2 Å². The summed E-state index contributed by atoms with van der Waals surface area (Å²) in [5.41, 5.74) is -0.567. The average molecular weight is 616 g/mol. The smallest absolute Gasteiger partial charge is 0.312 e. The normalized spacial score (nSPS) is 26.1. The van der Waals surface area contributed by atoms with Gasteiger partial charge in [0.2, 0.25) is 11.8 Å². The molecule has 43 heavy (non-hydrogen) atoms. The third kappa shape index (κ3) is 6.81. The van der Waals surface area contributed by atoms with E-state index >= 15 is 0 Å².